The van der Waals surface area contributed by atoms with E-state index in [0.29, 0.717) is 0 Å². The van der Waals surface area contributed by atoms with Gasteiger partial charge in [0.2, 0.25) is 0 Å². The average molecular weight is 492 g/mol. The largest absolute Gasteiger partial charge is 0.360 e. The predicted octanol–water partition coefficient (Wildman–Crippen LogP) is 8.55. The fourth-order valence-electron chi connectivity index (χ4n) is 5.12. The molecule has 3 nitrogen and oxygen atoms in total. The van der Waals surface area contributed by atoms with Gasteiger partial charge in [-0.2, -0.15) is 0 Å². The van der Waals surface area contributed by atoms with Crippen LogP contribution >= 0.6 is 0 Å². The van der Waals surface area contributed by atoms with E-state index < -0.39 is 0 Å². The Hall–Kier alpha value is -4.89. The lowest BCUT2D eigenvalue weighted by molar-refractivity contribution is 0.667. The quantitative estimate of drug-likeness (QED) is 0.223. The van der Waals surface area contributed by atoms with Crippen molar-refractivity contribution in [2.24, 2.45) is 4.99 Å². The number of benzene rings is 5. The lowest BCUT2D eigenvalue weighted by Gasteiger charge is -2.23. The Kier molecular flexibility index (Phi) is 6.33. The maximum Gasteiger partial charge on any atom is 0.147 e. The Balaban J connectivity index is 1.54. The predicted molar refractivity (Wildman–Crippen MR) is 161 cm³/mol. The molecule has 6 aromatic rings. The van der Waals surface area contributed by atoms with Crippen molar-refractivity contribution < 1.29 is 0 Å². The van der Waals surface area contributed by atoms with Gasteiger partial charge in [0.15, 0.2) is 0 Å². The highest BCUT2D eigenvalue weighted by atomic mass is 15.1. The summed E-state index contributed by atoms with van der Waals surface area (Å²) in [6.07, 6.45) is -0.348. The first-order valence-electron chi connectivity index (χ1n) is 12.9. The van der Waals surface area contributed by atoms with Gasteiger partial charge in [-0.05, 0) is 36.2 Å². The first kappa shape index (κ1) is 23.5. The zero-order chi connectivity index (χ0) is 25.9. The summed E-state index contributed by atoms with van der Waals surface area (Å²) in [5.41, 5.74) is 8.44. The summed E-state index contributed by atoms with van der Waals surface area (Å²) in [6.45, 7) is 6.44. The van der Waals surface area contributed by atoms with Gasteiger partial charge in [-0.25, -0.2) is 0 Å². The van der Waals surface area contributed by atoms with E-state index >= 15 is 0 Å². The molecular formula is C35H29N3. The van der Waals surface area contributed by atoms with Gasteiger partial charge in [0.05, 0.1) is 16.7 Å². The molecule has 184 valence electrons. The molecular weight excluding hydrogens is 462 g/mol. The van der Waals surface area contributed by atoms with Crippen LogP contribution in [0.5, 0.6) is 0 Å². The maximum absolute atomic E-state index is 5.24. The molecule has 0 bridgehead atoms. The van der Waals surface area contributed by atoms with E-state index in [0.717, 1.165) is 33.8 Å². The number of hydrogen-bond donors (Lipinski definition) is 1. The van der Waals surface area contributed by atoms with Crippen LogP contribution in [0.2, 0.25) is 0 Å². The zero-order valence-corrected chi connectivity index (χ0v) is 21.4. The van der Waals surface area contributed by atoms with Crippen molar-refractivity contribution in [3.63, 3.8) is 0 Å². The second-order valence-corrected chi connectivity index (χ2v) is 9.40. The number of rotatable bonds is 7. The van der Waals surface area contributed by atoms with Crippen LogP contribution in [0, 0.1) is 0 Å². The summed E-state index contributed by atoms with van der Waals surface area (Å²) < 4.78 is 2.35. The van der Waals surface area contributed by atoms with Crippen molar-refractivity contribution >= 4 is 33.2 Å². The Bertz CT molecular complexity index is 1710. The Morgan fingerprint density at radius 3 is 1.76 bits per heavy atom. The maximum atomic E-state index is 5.24. The van der Waals surface area contributed by atoms with E-state index in [9.17, 15) is 0 Å². The molecule has 0 aliphatic rings. The Morgan fingerprint density at radius 1 is 0.632 bits per heavy atom. The standard InChI is InChI=1S/C35H29N3/c1-25(27-15-5-3-6-16-27)36-35(37-26(2)28-17-7-4-8-18-28)31-21-11-14-24-34(31)38-32-22-12-9-19-29(32)30-20-10-13-23-33(30)38/h3-24,35-36H,1H2,2H3/b37-26+. The molecule has 38 heavy (non-hydrogen) atoms. The summed E-state index contributed by atoms with van der Waals surface area (Å²) in [5.74, 6) is 0. The molecule has 0 amide bonds. The molecule has 1 N–H and O–H groups in total. The van der Waals surface area contributed by atoms with Crippen molar-refractivity contribution in [2.45, 2.75) is 13.1 Å². The van der Waals surface area contributed by atoms with Crippen LogP contribution < -0.4 is 5.32 Å². The second-order valence-electron chi connectivity index (χ2n) is 9.40. The Morgan fingerprint density at radius 2 is 1.13 bits per heavy atom. The normalized spacial score (nSPS) is 12.5. The fraction of sp³-hybridized carbons (Fsp3) is 0.0571. The lowest BCUT2D eigenvalue weighted by atomic mass is 10.1. The van der Waals surface area contributed by atoms with Crippen LogP contribution in [0.1, 0.15) is 29.8 Å². The van der Waals surface area contributed by atoms with E-state index in [1.807, 2.05) is 36.4 Å². The molecule has 0 saturated heterocycles. The molecule has 0 aliphatic carbocycles. The molecule has 0 saturated carbocycles. The summed E-state index contributed by atoms with van der Waals surface area (Å²) in [6, 6.07) is 46.2. The van der Waals surface area contributed by atoms with Crippen LogP contribution in [-0.4, -0.2) is 10.3 Å². The van der Waals surface area contributed by atoms with Crippen molar-refractivity contribution in [1.29, 1.82) is 0 Å². The third-order valence-corrected chi connectivity index (χ3v) is 7.00. The van der Waals surface area contributed by atoms with Crippen LogP contribution in [0.15, 0.2) is 145 Å². The summed E-state index contributed by atoms with van der Waals surface area (Å²) >= 11 is 0. The summed E-state index contributed by atoms with van der Waals surface area (Å²) in [7, 11) is 0. The first-order chi connectivity index (χ1) is 18.7. The fourth-order valence-corrected chi connectivity index (χ4v) is 5.12. The number of nitrogens with one attached hydrogen (secondary N) is 1. The van der Waals surface area contributed by atoms with Crippen molar-refractivity contribution in [1.82, 2.24) is 9.88 Å². The van der Waals surface area contributed by atoms with Crippen molar-refractivity contribution in [3.05, 3.63) is 157 Å². The van der Waals surface area contributed by atoms with Gasteiger partial charge >= 0.3 is 0 Å². The molecule has 1 atom stereocenters. The number of aliphatic imine (C=N–C) groups is 1. The minimum absolute atomic E-state index is 0.348. The highest BCUT2D eigenvalue weighted by Gasteiger charge is 2.20. The molecule has 6 rings (SSSR count). The zero-order valence-electron chi connectivity index (χ0n) is 21.4. The summed E-state index contributed by atoms with van der Waals surface area (Å²) in [5, 5.41) is 6.13. The van der Waals surface area contributed by atoms with Gasteiger partial charge in [0.1, 0.15) is 6.17 Å². The van der Waals surface area contributed by atoms with E-state index in [4.69, 9.17) is 4.99 Å². The van der Waals surface area contributed by atoms with Gasteiger partial charge in [-0.1, -0.05) is 122 Å². The Labute approximate surface area is 223 Å². The molecule has 0 aliphatic heterocycles. The number of para-hydroxylation sites is 3. The number of hydrogen-bond acceptors (Lipinski definition) is 2. The van der Waals surface area contributed by atoms with Gasteiger partial charge in [0, 0.05) is 27.7 Å². The number of nitrogens with zero attached hydrogens (tertiary/aromatic N) is 2. The number of aromatic nitrogens is 1. The molecule has 0 radical (unpaired) electrons. The van der Waals surface area contributed by atoms with Crippen LogP contribution in [-0.2, 0) is 0 Å². The summed E-state index contributed by atoms with van der Waals surface area (Å²) in [4.78, 5) is 5.24. The van der Waals surface area contributed by atoms with Gasteiger partial charge in [-0.15, -0.1) is 0 Å². The first-order valence-corrected chi connectivity index (χ1v) is 12.9. The third kappa shape index (κ3) is 4.39. The van der Waals surface area contributed by atoms with Crippen LogP contribution in [0.4, 0.5) is 0 Å². The molecule has 1 unspecified atom stereocenters. The van der Waals surface area contributed by atoms with E-state index in [-0.39, 0.29) is 6.17 Å². The van der Waals surface area contributed by atoms with E-state index in [1.54, 1.807) is 0 Å². The smallest absolute Gasteiger partial charge is 0.147 e. The lowest BCUT2D eigenvalue weighted by Crippen LogP contribution is -2.21. The van der Waals surface area contributed by atoms with Gasteiger partial charge < -0.3 is 9.88 Å². The van der Waals surface area contributed by atoms with Crippen LogP contribution in [0.25, 0.3) is 33.2 Å². The molecule has 3 heteroatoms. The van der Waals surface area contributed by atoms with E-state index in [2.05, 4.69) is 120 Å². The SMILES string of the molecule is C=C(NC(/N=C(\C)c1ccccc1)c1ccccc1-n1c2ccccc2c2ccccc21)c1ccccc1. The minimum atomic E-state index is -0.348. The highest BCUT2D eigenvalue weighted by molar-refractivity contribution is 6.09. The molecule has 0 fully saturated rings. The van der Waals surface area contributed by atoms with Crippen molar-refractivity contribution in [3.8, 4) is 5.69 Å². The van der Waals surface area contributed by atoms with Gasteiger partial charge in [-0.3, -0.25) is 4.99 Å². The van der Waals surface area contributed by atoms with Crippen molar-refractivity contribution in [2.75, 3.05) is 0 Å². The van der Waals surface area contributed by atoms with Crippen LogP contribution in [0.3, 0.4) is 0 Å². The molecule has 0 spiro atoms. The third-order valence-electron chi connectivity index (χ3n) is 7.00. The molecule has 1 aromatic heterocycles. The highest BCUT2D eigenvalue weighted by Crippen LogP contribution is 2.35. The molecule has 5 aromatic carbocycles. The number of fused-ring (bicyclic) bond motifs is 3. The average Bonchev–Trinajstić information content (AvgIpc) is 3.32. The van der Waals surface area contributed by atoms with Gasteiger partial charge in [0.25, 0.3) is 0 Å². The monoisotopic (exact) mass is 491 g/mol. The van der Waals surface area contributed by atoms with E-state index in [1.165, 1.54) is 21.8 Å². The topological polar surface area (TPSA) is 29.3 Å². The minimum Gasteiger partial charge on any atom is -0.360 e. The molecule has 1 heterocycles. The second kappa shape index (κ2) is 10.2.